The molecule has 128 valence electrons. The zero-order valence-electron chi connectivity index (χ0n) is 14.9. The zero-order valence-corrected chi connectivity index (χ0v) is 14.9. The van der Waals surface area contributed by atoms with Crippen LogP contribution in [-0.4, -0.2) is 17.6 Å². The molecule has 0 heterocycles. The Morgan fingerprint density at radius 3 is 2.40 bits per heavy atom. The summed E-state index contributed by atoms with van der Waals surface area (Å²) in [6.45, 7) is 6.25. The monoisotopic (exact) mass is 332 g/mol. The average molecular weight is 332 g/mol. The molecule has 2 rings (SSSR count). The van der Waals surface area contributed by atoms with Gasteiger partial charge in [-0.1, -0.05) is 62.4 Å². The molecule has 1 aromatic carbocycles. The fraction of sp³-hybridized carbons (Fsp3) is 0.190. The summed E-state index contributed by atoms with van der Waals surface area (Å²) in [6.07, 6.45) is 12.2. The van der Waals surface area contributed by atoms with E-state index in [2.05, 4.69) is 48.6 Å². The van der Waals surface area contributed by atoms with Crippen LogP contribution in [0.25, 0.3) is 6.08 Å². The Bertz CT molecular complexity index is 788. The third kappa shape index (κ3) is 5.24. The molecule has 0 aromatic heterocycles. The quantitative estimate of drug-likeness (QED) is 0.506. The highest BCUT2D eigenvalue weighted by Gasteiger charge is 2.07. The van der Waals surface area contributed by atoms with E-state index in [0.717, 1.165) is 11.3 Å². The summed E-state index contributed by atoms with van der Waals surface area (Å²) in [4.78, 5) is 0. The van der Waals surface area contributed by atoms with Crippen LogP contribution in [0.1, 0.15) is 37.8 Å². The number of hydrogen-bond donors (Lipinski definition) is 3. The summed E-state index contributed by atoms with van der Waals surface area (Å²) >= 11 is 0. The maximum atomic E-state index is 7.90. The number of allylic oxidation sites excluding steroid dienone is 7. The molecule has 1 aliphatic carbocycles. The molecule has 3 N–H and O–H groups in total. The first-order valence-electron chi connectivity index (χ1n) is 8.28. The second-order valence-corrected chi connectivity index (χ2v) is 6.12. The molecule has 4 heteroatoms. The van der Waals surface area contributed by atoms with Crippen LogP contribution in [0, 0.1) is 10.8 Å². The van der Waals surface area contributed by atoms with Gasteiger partial charge < -0.3 is 10.8 Å². The van der Waals surface area contributed by atoms with Crippen LogP contribution in [0.3, 0.4) is 0 Å². The lowest BCUT2D eigenvalue weighted by Gasteiger charge is -2.09. The Hall–Kier alpha value is -3.01. The average Bonchev–Trinajstić information content (AvgIpc) is 2.62. The van der Waals surface area contributed by atoms with Crippen LogP contribution >= 0.6 is 0 Å². The first-order chi connectivity index (χ1) is 12.0. The molecule has 0 amide bonds. The molecule has 0 aliphatic heterocycles. The number of hydrogen-bond acceptors (Lipinski definition) is 4. The van der Waals surface area contributed by atoms with E-state index in [9.17, 15) is 0 Å². The number of nitrogens with zero attached hydrogens (tertiary/aromatic N) is 1. The number of hydrazone groups is 1. The second-order valence-electron chi connectivity index (χ2n) is 6.12. The van der Waals surface area contributed by atoms with Crippen molar-refractivity contribution in [2.75, 3.05) is 0 Å². The van der Waals surface area contributed by atoms with Crippen LogP contribution < -0.4 is 5.43 Å². The summed E-state index contributed by atoms with van der Waals surface area (Å²) in [5.74, 6) is 0.528. The Morgan fingerprint density at radius 1 is 1.12 bits per heavy atom. The van der Waals surface area contributed by atoms with Gasteiger partial charge in [-0.3, -0.25) is 5.43 Å². The predicted molar refractivity (Wildman–Crippen MR) is 108 cm³/mol. The Labute approximate surface area is 149 Å². The van der Waals surface area contributed by atoms with Gasteiger partial charge in [0, 0.05) is 11.8 Å². The first-order valence-corrected chi connectivity index (χ1v) is 8.28. The van der Waals surface area contributed by atoms with Crippen LogP contribution in [0.15, 0.2) is 71.0 Å². The smallest absolute Gasteiger partial charge is 0.0831 e. The van der Waals surface area contributed by atoms with Gasteiger partial charge >= 0.3 is 0 Å². The van der Waals surface area contributed by atoms with Crippen molar-refractivity contribution in [1.29, 1.82) is 10.8 Å². The summed E-state index contributed by atoms with van der Waals surface area (Å²) < 4.78 is 0. The molecule has 0 fully saturated rings. The van der Waals surface area contributed by atoms with E-state index < -0.39 is 0 Å². The standard InChI is InChI=1S/C21H24N4/c1-15(2)18-12-10-17(11-13-18)9-8-16(3)24-25-21(14-22)19-6-4-5-7-20(19)23/h4-15,22-23,25H,1-3H3/b9-8+,21-19+,22-14?,23-20?,24-16-. The first kappa shape index (κ1) is 18.3. The van der Waals surface area contributed by atoms with E-state index in [1.807, 2.05) is 25.2 Å². The molecule has 0 bridgehead atoms. The van der Waals surface area contributed by atoms with Crippen molar-refractivity contribution >= 4 is 23.7 Å². The molecular formula is C21H24N4. The van der Waals surface area contributed by atoms with Crippen LogP contribution in [0.2, 0.25) is 0 Å². The lowest BCUT2D eigenvalue weighted by molar-refractivity contribution is 0.866. The molecule has 25 heavy (non-hydrogen) atoms. The Kier molecular flexibility index (Phi) is 6.40. The highest BCUT2D eigenvalue weighted by molar-refractivity contribution is 6.12. The van der Waals surface area contributed by atoms with Gasteiger partial charge in [0.25, 0.3) is 0 Å². The molecule has 0 saturated carbocycles. The lowest BCUT2D eigenvalue weighted by Crippen LogP contribution is -2.15. The minimum atomic E-state index is 0.363. The van der Waals surface area contributed by atoms with E-state index in [4.69, 9.17) is 10.8 Å². The molecule has 0 radical (unpaired) electrons. The minimum Gasteiger partial charge on any atom is -0.307 e. The van der Waals surface area contributed by atoms with Crippen molar-refractivity contribution in [3.63, 3.8) is 0 Å². The Balaban J connectivity index is 2.06. The van der Waals surface area contributed by atoms with Gasteiger partial charge in [-0.05, 0) is 36.1 Å². The predicted octanol–water partition coefficient (Wildman–Crippen LogP) is 4.84. The molecule has 0 saturated heterocycles. The normalized spacial score (nSPS) is 16.6. The SMILES string of the molecule is CC(/C=C/c1ccc(C(C)C)cc1)=N/N/C(C=N)=C1\C=CC=CC1=N. The zero-order chi connectivity index (χ0) is 18.2. The Morgan fingerprint density at radius 2 is 1.80 bits per heavy atom. The van der Waals surface area contributed by atoms with Crippen molar-refractivity contribution in [2.24, 2.45) is 5.10 Å². The van der Waals surface area contributed by atoms with Gasteiger partial charge in [0.1, 0.15) is 0 Å². The molecule has 0 spiro atoms. The van der Waals surface area contributed by atoms with Crippen molar-refractivity contribution in [2.45, 2.75) is 26.7 Å². The summed E-state index contributed by atoms with van der Waals surface area (Å²) in [7, 11) is 0. The third-order valence-corrected chi connectivity index (χ3v) is 3.83. The van der Waals surface area contributed by atoms with Crippen molar-refractivity contribution in [3.05, 3.63) is 77.0 Å². The highest BCUT2D eigenvalue weighted by atomic mass is 15.3. The van der Waals surface area contributed by atoms with E-state index in [0.29, 0.717) is 22.9 Å². The summed E-state index contributed by atoms with van der Waals surface area (Å²) in [5.41, 5.74) is 7.62. The fourth-order valence-corrected chi connectivity index (χ4v) is 2.28. The molecule has 1 aromatic rings. The van der Waals surface area contributed by atoms with Gasteiger partial charge in [0.05, 0.1) is 17.1 Å². The maximum absolute atomic E-state index is 7.90. The highest BCUT2D eigenvalue weighted by Crippen LogP contribution is 2.15. The maximum Gasteiger partial charge on any atom is 0.0831 e. The molecule has 0 atom stereocenters. The van der Waals surface area contributed by atoms with Crippen LogP contribution in [-0.2, 0) is 0 Å². The van der Waals surface area contributed by atoms with Crippen molar-refractivity contribution in [1.82, 2.24) is 5.43 Å². The second kappa shape index (κ2) is 8.73. The minimum absolute atomic E-state index is 0.363. The van der Waals surface area contributed by atoms with Gasteiger partial charge in [-0.15, -0.1) is 0 Å². The lowest BCUT2D eigenvalue weighted by atomic mass is 10.0. The molecule has 0 unspecified atom stereocenters. The third-order valence-electron chi connectivity index (χ3n) is 3.83. The van der Waals surface area contributed by atoms with E-state index >= 15 is 0 Å². The van der Waals surface area contributed by atoms with Gasteiger partial charge in [-0.25, -0.2) is 0 Å². The molecule has 4 nitrogen and oxygen atoms in total. The van der Waals surface area contributed by atoms with E-state index in [1.165, 1.54) is 11.8 Å². The topological polar surface area (TPSA) is 72.1 Å². The molecule has 1 aliphatic rings. The number of benzene rings is 1. The van der Waals surface area contributed by atoms with Crippen molar-refractivity contribution in [3.8, 4) is 0 Å². The molecular weight excluding hydrogens is 308 g/mol. The van der Waals surface area contributed by atoms with E-state index in [-0.39, 0.29) is 0 Å². The number of rotatable bonds is 6. The largest absolute Gasteiger partial charge is 0.307 e. The summed E-state index contributed by atoms with van der Waals surface area (Å²) in [5, 5.41) is 19.7. The van der Waals surface area contributed by atoms with Crippen LogP contribution in [0.4, 0.5) is 0 Å². The number of nitrogens with one attached hydrogen (secondary N) is 3. The van der Waals surface area contributed by atoms with Crippen molar-refractivity contribution < 1.29 is 0 Å². The summed E-state index contributed by atoms with van der Waals surface area (Å²) in [6, 6.07) is 8.47. The van der Waals surface area contributed by atoms with Gasteiger partial charge in [0.15, 0.2) is 0 Å². The fourth-order valence-electron chi connectivity index (χ4n) is 2.28. The van der Waals surface area contributed by atoms with Gasteiger partial charge in [0.2, 0.25) is 0 Å². The van der Waals surface area contributed by atoms with E-state index in [1.54, 1.807) is 18.2 Å². The van der Waals surface area contributed by atoms with Crippen LogP contribution in [0.5, 0.6) is 0 Å². The van der Waals surface area contributed by atoms with Gasteiger partial charge in [-0.2, -0.15) is 5.10 Å².